The third-order valence-electron chi connectivity index (χ3n) is 3.52. The monoisotopic (exact) mass is 393 g/mol. The minimum Gasteiger partial charge on any atom is -0.271 e. The minimum atomic E-state index is -3.95. The van der Waals surface area contributed by atoms with Crippen LogP contribution >= 0.6 is 11.6 Å². The van der Waals surface area contributed by atoms with Gasteiger partial charge in [-0.25, -0.2) is 13.8 Å². The van der Waals surface area contributed by atoms with E-state index < -0.39 is 22.5 Å². The lowest BCUT2D eigenvalue weighted by atomic mass is 10.2. The smallest absolute Gasteiger partial charge is 0.264 e. The maximum Gasteiger partial charge on any atom is 0.264 e. The van der Waals surface area contributed by atoms with Gasteiger partial charge in [-0.3, -0.25) is 9.10 Å². The second-order valence-corrected chi connectivity index (χ2v) is 7.78. The molecule has 0 radical (unpaired) electrons. The van der Waals surface area contributed by atoms with Gasteiger partial charge in [0.2, 0.25) is 0 Å². The highest BCUT2D eigenvalue weighted by Gasteiger charge is 2.27. The molecule has 0 unspecified atom stereocenters. The van der Waals surface area contributed by atoms with Crippen molar-refractivity contribution in [2.45, 2.75) is 25.2 Å². The molecule has 0 spiro atoms. The Morgan fingerprint density at radius 2 is 1.92 bits per heavy atom. The zero-order valence-electron chi connectivity index (χ0n) is 14.5. The van der Waals surface area contributed by atoms with E-state index >= 15 is 0 Å². The summed E-state index contributed by atoms with van der Waals surface area (Å²) in [5, 5.41) is 4.17. The van der Waals surface area contributed by atoms with Gasteiger partial charge in [0.25, 0.3) is 15.9 Å². The van der Waals surface area contributed by atoms with Gasteiger partial charge in [-0.05, 0) is 43.2 Å². The number of benzene rings is 2. The molecule has 0 aliphatic heterocycles. The van der Waals surface area contributed by atoms with Crippen LogP contribution in [0.2, 0.25) is 5.02 Å². The number of sulfonamides is 1. The summed E-state index contributed by atoms with van der Waals surface area (Å²) in [6.45, 7) is 3.27. The highest BCUT2D eigenvalue weighted by Crippen LogP contribution is 2.27. The Kier molecular flexibility index (Phi) is 6.76. The second kappa shape index (κ2) is 8.82. The number of halogens is 1. The Hall–Kier alpha value is -2.38. The van der Waals surface area contributed by atoms with Crippen molar-refractivity contribution in [1.82, 2.24) is 5.43 Å². The Bertz CT molecular complexity index is 899. The van der Waals surface area contributed by atoms with Gasteiger partial charge < -0.3 is 0 Å². The maximum atomic E-state index is 13.1. The van der Waals surface area contributed by atoms with Crippen LogP contribution in [0.4, 0.5) is 5.69 Å². The standard InChI is InChI=1S/C18H20ClN3O3S/c1-3-11-20-21-18(23)13-22(15-10-9-14(2)17(19)12-15)26(24,25)16-7-5-4-6-8-16/h4-12H,3,13H2,1-2H3,(H,21,23). The normalized spacial score (nSPS) is 11.5. The zero-order chi connectivity index (χ0) is 19.2. The van der Waals surface area contributed by atoms with E-state index in [-0.39, 0.29) is 4.90 Å². The number of hydrogen-bond donors (Lipinski definition) is 1. The predicted molar refractivity (Wildman–Crippen MR) is 104 cm³/mol. The first-order valence-corrected chi connectivity index (χ1v) is 9.82. The molecule has 26 heavy (non-hydrogen) atoms. The van der Waals surface area contributed by atoms with Crippen LogP contribution in [0, 0.1) is 6.92 Å². The Balaban J connectivity index is 2.43. The van der Waals surface area contributed by atoms with Crippen molar-refractivity contribution in [3.8, 4) is 0 Å². The summed E-state index contributed by atoms with van der Waals surface area (Å²) in [4.78, 5) is 12.3. The van der Waals surface area contributed by atoms with E-state index in [0.29, 0.717) is 17.1 Å². The van der Waals surface area contributed by atoms with Crippen molar-refractivity contribution in [2.24, 2.45) is 5.10 Å². The van der Waals surface area contributed by atoms with E-state index in [1.807, 2.05) is 13.8 Å². The van der Waals surface area contributed by atoms with Crippen molar-refractivity contribution in [3.63, 3.8) is 0 Å². The number of hydrogen-bond acceptors (Lipinski definition) is 4. The molecular formula is C18H20ClN3O3S. The van der Waals surface area contributed by atoms with E-state index in [0.717, 1.165) is 9.87 Å². The second-order valence-electron chi connectivity index (χ2n) is 5.51. The molecule has 1 N–H and O–H groups in total. The van der Waals surface area contributed by atoms with Crippen molar-refractivity contribution in [3.05, 3.63) is 59.1 Å². The van der Waals surface area contributed by atoms with Crippen LogP contribution in [0.5, 0.6) is 0 Å². The van der Waals surface area contributed by atoms with E-state index in [9.17, 15) is 13.2 Å². The van der Waals surface area contributed by atoms with Gasteiger partial charge in [-0.15, -0.1) is 0 Å². The quantitative estimate of drug-likeness (QED) is 0.578. The molecule has 138 valence electrons. The molecule has 0 saturated carbocycles. The van der Waals surface area contributed by atoms with Crippen LogP contribution in [-0.2, 0) is 14.8 Å². The largest absolute Gasteiger partial charge is 0.271 e. The lowest BCUT2D eigenvalue weighted by Gasteiger charge is -2.24. The summed E-state index contributed by atoms with van der Waals surface area (Å²) in [7, 11) is -3.95. The Morgan fingerprint density at radius 3 is 2.54 bits per heavy atom. The summed E-state index contributed by atoms with van der Waals surface area (Å²) in [6, 6.07) is 12.8. The number of hydrazone groups is 1. The summed E-state index contributed by atoms with van der Waals surface area (Å²) in [5.41, 5.74) is 3.44. The molecule has 8 heteroatoms. The molecule has 0 aliphatic rings. The molecule has 2 rings (SSSR count). The fourth-order valence-electron chi connectivity index (χ4n) is 2.15. The lowest BCUT2D eigenvalue weighted by Crippen LogP contribution is -2.39. The fourth-order valence-corrected chi connectivity index (χ4v) is 3.76. The SMILES string of the molecule is CCC=NNC(=O)CN(c1ccc(C)c(Cl)c1)S(=O)(=O)c1ccccc1. The van der Waals surface area contributed by atoms with Crippen LogP contribution in [0.25, 0.3) is 0 Å². The third kappa shape index (κ3) is 4.83. The van der Waals surface area contributed by atoms with Gasteiger partial charge in [0.05, 0.1) is 10.6 Å². The number of nitrogens with zero attached hydrogens (tertiary/aromatic N) is 2. The van der Waals surface area contributed by atoms with Crippen molar-refractivity contribution < 1.29 is 13.2 Å². The number of anilines is 1. The molecule has 0 aliphatic carbocycles. The Labute approximate surface area is 158 Å². The number of rotatable bonds is 7. The number of carbonyl (C=O) groups is 1. The van der Waals surface area contributed by atoms with Gasteiger partial charge in [-0.2, -0.15) is 5.10 Å². The molecule has 2 aromatic rings. The molecule has 0 saturated heterocycles. The first-order valence-electron chi connectivity index (χ1n) is 8.00. The van der Waals surface area contributed by atoms with Crippen LogP contribution in [0.1, 0.15) is 18.9 Å². The van der Waals surface area contributed by atoms with Crippen molar-refractivity contribution in [2.75, 3.05) is 10.8 Å². The van der Waals surface area contributed by atoms with E-state index in [4.69, 9.17) is 11.6 Å². The molecule has 1 amide bonds. The van der Waals surface area contributed by atoms with Gasteiger partial charge in [0, 0.05) is 11.2 Å². The van der Waals surface area contributed by atoms with E-state index in [2.05, 4.69) is 10.5 Å². The van der Waals surface area contributed by atoms with E-state index in [1.54, 1.807) is 30.3 Å². The number of nitrogens with one attached hydrogen (secondary N) is 1. The van der Waals surface area contributed by atoms with Crippen LogP contribution in [-0.4, -0.2) is 27.1 Å². The highest BCUT2D eigenvalue weighted by atomic mass is 35.5. The van der Waals surface area contributed by atoms with Gasteiger partial charge >= 0.3 is 0 Å². The fraction of sp³-hybridized carbons (Fsp3) is 0.222. The number of aryl methyl sites for hydroxylation is 1. The lowest BCUT2D eigenvalue weighted by molar-refractivity contribution is -0.119. The summed E-state index contributed by atoms with van der Waals surface area (Å²) in [6.07, 6.45) is 2.18. The van der Waals surface area contributed by atoms with Crippen LogP contribution < -0.4 is 9.73 Å². The van der Waals surface area contributed by atoms with Crippen molar-refractivity contribution >= 4 is 39.4 Å². The number of amides is 1. The molecule has 0 bridgehead atoms. The average Bonchev–Trinajstić information content (AvgIpc) is 2.63. The molecule has 6 nitrogen and oxygen atoms in total. The Morgan fingerprint density at radius 1 is 1.23 bits per heavy atom. The molecule has 0 aromatic heterocycles. The molecule has 0 heterocycles. The van der Waals surface area contributed by atoms with Crippen molar-refractivity contribution in [1.29, 1.82) is 0 Å². The predicted octanol–water partition coefficient (Wildman–Crippen LogP) is 3.36. The molecule has 0 atom stereocenters. The third-order valence-corrected chi connectivity index (χ3v) is 5.72. The van der Waals surface area contributed by atoms with Gasteiger partial charge in [-0.1, -0.05) is 42.8 Å². The molecule has 0 fully saturated rings. The molecular weight excluding hydrogens is 374 g/mol. The highest BCUT2D eigenvalue weighted by molar-refractivity contribution is 7.92. The molecule has 2 aromatic carbocycles. The average molecular weight is 394 g/mol. The van der Waals surface area contributed by atoms with Crippen LogP contribution in [0.3, 0.4) is 0 Å². The van der Waals surface area contributed by atoms with Crippen LogP contribution in [0.15, 0.2) is 58.5 Å². The number of carbonyl (C=O) groups excluding carboxylic acids is 1. The topological polar surface area (TPSA) is 78.8 Å². The first-order chi connectivity index (χ1) is 12.4. The maximum absolute atomic E-state index is 13.1. The zero-order valence-corrected chi connectivity index (χ0v) is 16.1. The summed E-state index contributed by atoms with van der Waals surface area (Å²) < 4.78 is 27.1. The summed E-state index contributed by atoms with van der Waals surface area (Å²) in [5.74, 6) is -0.550. The summed E-state index contributed by atoms with van der Waals surface area (Å²) >= 11 is 6.15. The first kappa shape index (κ1) is 19.9. The minimum absolute atomic E-state index is 0.0848. The van der Waals surface area contributed by atoms with Gasteiger partial charge in [0.1, 0.15) is 6.54 Å². The van der Waals surface area contributed by atoms with Gasteiger partial charge in [0.15, 0.2) is 0 Å². The van der Waals surface area contributed by atoms with E-state index in [1.165, 1.54) is 24.4 Å².